The summed E-state index contributed by atoms with van der Waals surface area (Å²) in [5.74, 6) is 0.850. The zero-order valence-electron chi connectivity index (χ0n) is 10.4. The summed E-state index contributed by atoms with van der Waals surface area (Å²) in [7, 11) is 0. The predicted molar refractivity (Wildman–Crippen MR) is 67.5 cm³/mol. The van der Waals surface area contributed by atoms with Crippen molar-refractivity contribution in [1.82, 2.24) is 4.90 Å². The van der Waals surface area contributed by atoms with Crippen LogP contribution in [0, 0.1) is 0 Å². The van der Waals surface area contributed by atoms with Gasteiger partial charge in [0.2, 0.25) is 0 Å². The standard InChI is InChI=1S/C14H17NO2.Ru/c1-11-7-3-4-8-13(11)17-12(2)14(16)15-9-5-6-10-15;/h1,3-4,7-8,12H,5-6,9-10H2,2H3;/q;+1. The van der Waals surface area contributed by atoms with Crippen molar-refractivity contribution >= 4 is 10.5 Å². The van der Waals surface area contributed by atoms with Gasteiger partial charge in [-0.25, -0.2) is 0 Å². The summed E-state index contributed by atoms with van der Waals surface area (Å²) in [6.45, 7) is 3.55. The van der Waals surface area contributed by atoms with Crippen molar-refractivity contribution < 1.29 is 27.4 Å². The molecule has 4 heteroatoms. The van der Waals surface area contributed by atoms with Crippen LogP contribution in [-0.2, 0) is 22.6 Å². The third kappa shape index (κ3) is 3.05. The van der Waals surface area contributed by atoms with E-state index >= 15 is 0 Å². The molecule has 0 aliphatic carbocycles. The zero-order chi connectivity index (χ0) is 13.0. The number of ether oxygens (including phenoxy) is 1. The molecule has 0 spiro atoms. The van der Waals surface area contributed by atoms with Gasteiger partial charge in [-0.2, -0.15) is 0 Å². The third-order valence-electron chi connectivity index (χ3n) is 3.10. The van der Waals surface area contributed by atoms with Crippen LogP contribution in [0.3, 0.4) is 0 Å². The summed E-state index contributed by atoms with van der Waals surface area (Å²) < 4.78 is 7.70. The van der Waals surface area contributed by atoms with E-state index in [4.69, 9.17) is 4.74 Å². The summed E-state index contributed by atoms with van der Waals surface area (Å²) in [6.07, 6.45) is 1.79. The molecule has 1 saturated heterocycles. The average Bonchev–Trinajstić information content (AvgIpc) is 2.92. The van der Waals surface area contributed by atoms with E-state index in [2.05, 4.69) is 17.9 Å². The first-order valence-corrected chi connectivity index (χ1v) is 7.19. The number of rotatable bonds is 4. The minimum atomic E-state index is -0.421. The normalized spacial score (nSPS) is 16.4. The molecule has 1 aromatic rings. The molecular formula is C14H17NO2Ru+. The van der Waals surface area contributed by atoms with Gasteiger partial charge >= 0.3 is 117 Å². The quantitative estimate of drug-likeness (QED) is 0.787. The Morgan fingerprint density at radius 2 is 2.06 bits per heavy atom. The van der Waals surface area contributed by atoms with E-state index in [0.29, 0.717) is 0 Å². The Morgan fingerprint density at radius 1 is 1.39 bits per heavy atom. The first-order valence-electron chi connectivity index (χ1n) is 6.19. The van der Waals surface area contributed by atoms with E-state index in [1.807, 2.05) is 40.7 Å². The molecule has 0 bridgehead atoms. The number of hydrogen-bond donors (Lipinski definition) is 0. The van der Waals surface area contributed by atoms with Crippen LogP contribution in [0.25, 0.3) is 0 Å². The van der Waals surface area contributed by atoms with Gasteiger partial charge in [0, 0.05) is 0 Å². The molecule has 1 unspecified atom stereocenters. The number of amides is 1. The van der Waals surface area contributed by atoms with E-state index in [9.17, 15) is 4.79 Å². The van der Waals surface area contributed by atoms with Crippen LogP contribution in [0.2, 0.25) is 0 Å². The average molecular weight is 332 g/mol. The van der Waals surface area contributed by atoms with Gasteiger partial charge in [0.25, 0.3) is 0 Å². The van der Waals surface area contributed by atoms with Crippen molar-refractivity contribution in [1.29, 1.82) is 0 Å². The zero-order valence-corrected chi connectivity index (χ0v) is 12.1. The third-order valence-corrected chi connectivity index (χ3v) is 3.64. The van der Waals surface area contributed by atoms with Crippen LogP contribution in [0.5, 0.6) is 5.75 Å². The van der Waals surface area contributed by atoms with Crippen molar-refractivity contribution in [2.24, 2.45) is 0 Å². The number of carbonyl (C=O) groups excluding carboxylic acids is 1. The summed E-state index contributed by atoms with van der Waals surface area (Å²) in [5, 5.41) is 0. The molecule has 0 aromatic heterocycles. The molecule has 1 atom stereocenters. The Bertz CT molecular complexity index is 441. The maximum absolute atomic E-state index is 12.1. The van der Waals surface area contributed by atoms with Crippen LogP contribution in [0.1, 0.15) is 25.3 Å². The Morgan fingerprint density at radius 3 is 2.72 bits per heavy atom. The fourth-order valence-electron chi connectivity index (χ4n) is 2.11. The molecule has 0 N–H and O–H groups in total. The molecule has 1 amide bonds. The second-order valence-corrected chi connectivity index (χ2v) is 4.93. The van der Waals surface area contributed by atoms with Gasteiger partial charge in [-0.1, -0.05) is 0 Å². The van der Waals surface area contributed by atoms with Crippen molar-refractivity contribution in [3.63, 3.8) is 0 Å². The van der Waals surface area contributed by atoms with Crippen molar-refractivity contribution in [3.05, 3.63) is 29.8 Å². The topological polar surface area (TPSA) is 29.5 Å². The van der Waals surface area contributed by atoms with Gasteiger partial charge < -0.3 is 0 Å². The molecule has 0 radical (unpaired) electrons. The summed E-state index contributed by atoms with van der Waals surface area (Å²) >= 11 is 2.47. The van der Waals surface area contributed by atoms with E-state index in [1.54, 1.807) is 0 Å². The Hall–Kier alpha value is -1.02. The maximum atomic E-state index is 12.1. The van der Waals surface area contributed by atoms with Crippen molar-refractivity contribution in [2.45, 2.75) is 25.9 Å². The summed E-state index contributed by atoms with van der Waals surface area (Å²) in [4.78, 5) is 14.0. The van der Waals surface area contributed by atoms with E-state index in [-0.39, 0.29) is 5.91 Å². The number of para-hydroxylation sites is 1. The monoisotopic (exact) mass is 333 g/mol. The van der Waals surface area contributed by atoms with E-state index in [1.165, 1.54) is 0 Å². The molecule has 97 valence electrons. The molecule has 1 aliphatic heterocycles. The fraction of sp³-hybridized carbons (Fsp3) is 0.429. The van der Waals surface area contributed by atoms with Crippen molar-refractivity contribution in [3.8, 4) is 5.75 Å². The molecule has 18 heavy (non-hydrogen) atoms. The second-order valence-electron chi connectivity index (χ2n) is 4.43. The van der Waals surface area contributed by atoms with Gasteiger partial charge in [0.1, 0.15) is 0 Å². The van der Waals surface area contributed by atoms with E-state index in [0.717, 1.165) is 37.2 Å². The second kappa shape index (κ2) is 6.24. The Labute approximate surface area is 117 Å². The number of likely N-dealkylation sites (tertiary alicyclic amines) is 1. The van der Waals surface area contributed by atoms with Gasteiger partial charge in [-0.05, 0) is 0 Å². The Kier molecular flexibility index (Phi) is 4.65. The summed E-state index contributed by atoms with van der Waals surface area (Å²) in [6, 6.07) is 7.74. The molecule has 1 aliphatic rings. The van der Waals surface area contributed by atoms with Crippen LogP contribution in [0.15, 0.2) is 24.3 Å². The minimum absolute atomic E-state index is 0.0900. The first kappa shape index (κ1) is 13.4. The van der Waals surface area contributed by atoms with Crippen LogP contribution in [-0.4, -0.2) is 34.6 Å². The predicted octanol–water partition coefficient (Wildman–Crippen LogP) is 1.77. The fourth-order valence-corrected chi connectivity index (χ4v) is 2.52. The van der Waals surface area contributed by atoms with Crippen LogP contribution in [0.4, 0.5) is 0 Å². The molecule has 0 saturated carbocycles. The first-order chi connectivity index (χ1) is 8.72. The number of carbonyl (C=O) groups is 1. The number of benzene rings is 1. The van der Waals surface area contributed by atoms with Gasteiger partial charge in [-0.15, -0.1) is 0 Å². The summed E-state index contributed by atoms with van der Waals surface area (Å²) in [5.41, 5.74) is 0.995. The molecule has 1 fully saturated rings. The van der Waals surface area contributed by atoms with Gasteiger partial charge in [0.15, 0.2) is 0 Å². The van der Waals surface area contributed by atoms with Gasteiger partial charge in [0.05, 0.1) is 0 Å². The molecule has 3 nitrogen and oxygen atoms in total. The van der Waals surface area contributed by atoms with E-state index < -0.39 is 6.10 Å². The van der Waals surface area contributed by atoms with Crippen molar-refractivity contribution in [2.75, 3.05) is 13.1 Å². The van der Waals surface area contributed by atoms with Crippen LogP contribution < -0.4 is 4.74 Å². The van der Waals surface area contributed by atoms with Crippen LogP contribution >= 0.6 is 0 Å². The number of hydrogen-bond acceptors (Lipinski definition) is 2. The number of nitrogens with zero attached hydrogens (tertiary/aromatic N) is 1. The molecule has 2 rings (SSSR count). The van der Waals surface area contributed by atoms with Gasteiger partial charge in [-0.3, -0.25) is 0 Å². The molecule has 1 aromatic carbocycles. The molecule has 1 heterocycles. The Balaban J connectivity index is 2.03. The molecular weight excluding hydrogens is 315 g/mol. The SMILES string of the molecule is CC(Oc1ccccc1[CH]=[Ru+])C(=O)N1CCCC1.